The standard InChI is InChI=1S/C12H13BrClNO3/c13-10-4-9(5-11(14)6-10)12(17)7-18-3-1-2-15-8-16/h4-6,8H,1-3,7H2,(H,15,16). The van der Waals surface area contributed by atoms with Crippen molar-refractivity contribution in [2.75, 3.05) is 19.8 Å². The zero-order valence-electron chi connectivity index (χ0n) is 9.62. The molecule has 1 N–H and O–H groups in total. The first kappa shape index (κ1) is 15.1. The fourth-order valence-corrected chi connectivity index (χ4v) is 2.16. The monoisotopic (exact) mass is 333 g/mol. The van der Waals surface area contributed by atoms with E-state index in [1.165, 1.54) is 0 Å². The van der Waals surface area contributed by atoms with E-state index in [-0.39, 0.29) is 12.4 Å². The van der Waals surface area contributed by atoms with Crippen LogP contribution in [0.4, 0.5) is 0 Å². The summed E-state index contributed by atoms with van der Waals surface area (Å²) in [6.07, 6.45) is 1.31. The van der Waals surface area contributed by atoms with Gasteiger partial charge in [-0.05, 0) is 24.6 Å². The molecule has 0 unspecified atom stereocenters. The van der Waals surface area contributed by atoms with E-state index in [2.05, 4.69) is 21.2 Å². The highest BCUT2D eigenvalue weighted by atomic mass is 79.9. The van der Waals surface area contributed by atoms with Crippen molar-refractivity contribution in [3.05, 3.63) is 33.3 Å². The molecule has 6 heteroatoms. The minimum Gasteiger partial charge on any atom is -0.373 e. The smallest absolute Gasteiger partial charge is 0.207 e. The third-order valence-electron chi connectivity index (χ3n) is 2.11. The average molecular weight is 335 g/mol. The first-order valence-corrected chi connectivity index (χ1v) is 6.54. The number of halogens is 2. The second-order valence-corrected chi connectivity index (χ2v) is 4.91. The van der Waals surface area contributed by atoms with Crippen molar-refractivity contribution in [1.82, 2.24) is 5.32 Å². The van der Waals surface area contributed by atoms with Crippen LogP contribution in [0.3, 0.4) is 0 Å². The van der Waals surface area contributed by atoms with Gasteiger partial charge < -0.3 is 10.1 Å². The van der Waals surface area contributed by atoms with Gasteiger partial charge in [0, 0.05) is 28.2 Å². The predicted molar refractivity (Wildman–Crippen MR) is 73.0 cm³/mol. The molecule has 0 aromatic heterocycles. The number of rotatable bonds is 8. The van der Waals surface area contributed by atoms with E-state index in [0.29, 0.717) is 36.6 Å². The highest BCUT2D eigenvalue weighted by molar-refractivity contribution is 9.10. The number of hydrogen-bond acceptors (Lipinski definition) is 3. The van der Waals surface area contributed by atoms with E-state index >= 15 is 0 Å². The summed E-state index contributed by atoms with van der Waals surface area (Å²) in [6, 6.07) is 5.02. The summed E-state index contributed by atoms with van der Waals surface area (Å²) in [7, 11) is 0. The maximum atomic E-state index is 11.8. The molecule has 4 nitrogen and oxygen atoms in total. The molecule has 0 heterocycles. The molecule has 0 aliphatic rings. The molecule has 1 rings (SSSR count). The first-order chi connectivity index (χ1) is 8.63. The van der Waals surface area contributed by atoms with Crippen LogP contribution < -0.4 is 5.32 Å². The van der Waals surface area contributed by atoms with E-state index in [1.54, 1.807) is 18.2 Å². The Bertz CT molecular complexity index is 406. The van der Waals surface area contributed by atoms with Crippen molar-refractivity contribution in [1.29, 1.82) is 0 Å². The molecular weight excluding hydrogens is 321 g/mol. The summed E-state index contributed by atoms with van der Waals surface area (Å²) in [5.41, 5.74) is 0.514. The van der Waals surface area contributed by atoms with Gasteiger partial charge in [0.15, 0.2) is 5.78 Å². The summed E-state index contributed by atoms with van der Waals surface area (Å²) in [5, 5.41) is 3.02. The van der Waals surface area contributed by atoms with Crippen LogP contribution in [0.25, 0.3) is 0 Å². The van der Waals surface area contributed by atoms with E-state index < -0.39 is 0 Å². The van der Waals surface area contributed by atoms with Gasteiger partial charge in [-0.25, -0.2) is 0 Å². The van der Waals surface area contributed by atoms with Crippen molar-refractivity contribution in [3.8, 4) is 0 Å². The Morgan fingerprint density at radius 2 is 2.22 bits per heavy atom. The molecule has 1 aromatic carbocycles. The second-order valence-electron chi connectivity index (χ2n) is 3.56. The van der Waals surface area contributed by atoms with Gasteiger partial charge in [-0.1, -0.05) is 27.5 Å². The van der Waals surface area contributed by atoms with Crippen LogP contribution in [-0.2, 0) is 9.53 Å². The van der Waals surface area contributed by atoms with Gasteiger partial charge in [-0.2, -0.15) is 0 Å². The highest BCUT2D eigenvalue weighted by Gasteiger charge is 2.07. The highest BCUT2D eigenvalue weighted by Crippen LogP contribution is 2.19. The number of carbonyl (C=O) groups excluding carboxylic acids is 2. The number of Topliss-reactive ketones (excluding diaryl/α,β-unsaturated/α-hetero) is 1. The number of ether oxygens (including phenoxy) is 1. The quantitative estimate of drug-likeness (QED) is 0.451. The lowest BCUT2D eigenvalue weighted by Crippen LogP contribution is -2.16. The van der Waals surface area contributed by atoms with Gasteiger partial charge in [0.05, 0.1) is 0 Å². The van der Waals surface area contributed by atoms with Gasteiger partial charge in [0.25, 0.3) is 0 Å². The van der Waals surface area contributed by atoms with Crippen LogP contribution in [0.2, 0.25) is 5.02 Å². The summed E-state index contributed by atoms with van der Waals surface area (Å²) in [5.74, 6) is -0.124. The molecule has 0 spiro atoms. The van der Waals surface area contributed by atoms with Gasteiger partial charge >= 0.3 is 0 Å². The van der Waals surface area contributed by atoms with Crippen LogP contribution in [-0.4, -0.2) is 32.0 Å². The molecular formula is C12H13BrClNO3. The predicted octanol–water partition coefficient (Wildman–Crippen LogP) is 2.44. The van der Waals surface area contributed by atoms with E-state index in [1.807, 2.05) is 0 Å². The van der Waals surface area contributed by atoms with E-state index in [9.17, 15) is 9.59 Å². The largest absolute Gasteiger partial charge is 0.373 e. The molecule has 0 saturated carbocycles. The Morgan fingerprint density at radius 1 is 1.44 bits per heavy atom. The Hall–Kier alpha value is -0.910. The fraction of sp³-hybridized carbons (Fsp3) is 0.333. The number of benzene rings is 1. The lowest BCUT2D eigenvalue weighted by Gasteiger charge is -2.04. The van der Waals surface area contributed by atoms with Crippen LogP contribution in [0.1, 0.15) is 16.8 Å². The topological polar surface area (TPSA) is 55.4 Å². The van der Waals surface area contributed by atoms with Crippen molar-refractivity contribution >= 4 is 39.7 Å². The van der Waals surface area contributed by atoms with Crippen molar-refractivity contribution in [3.63, 3.8) is 0 Å². The maximum Gasteiger partial charge on any atom is 0.207 e. The molecule has 98 valence electrons. The number of amides is 1. The zero-order chi connectivity index (χ0) is 13.4. The summed E-state index contributed by atoms with van der Waals surface area (Å²) < 4.78 is 5.97. The van der Waals surface area contributed by atoms with Crippen LogP contribution >= 0.6 is 27.5 Å². The zero-order valence-corrected chi connectivity index (χ0v) is 12.0. The minimum atomic E-state index is -0.124. The number of nitrogens with one attached hydrogen (secondary N) is 1. The average Bonchev–Trinajstić information content (AvgIpc) is 2.32. The van der Waals surface area contributed by atoms with Crippen LogP contribution in [0, 0.1) is 0 Å². The molecule has 0 bridgehead atoms. The minimum absolute atomic E-state index is 0.00781. The molecule has 18 heavy (non-hydrogen) atoms. The molecule has 0 aliphatic carbocycles. The molecule has 0 radical (unpaired) electrons. The molecule has 0 atom stereocenters. The summed E-state index contributed by atoms with van der Waals surface area (Å²) >= 11 is 9.12. The maximum absolute atomic E-state index is 11.8. The Kier molecular flexibility index (Phi) is 6.93. The van der Waals surface area contributed by atoms with Gasteiger partial charge in [0.1, 0.15) is 6.61 Å². The third kappa shape index (κ3) is 5.62. The van der Waals surface area contributed by atoms with Crippen LogP contribution in [0.15, 0.2) is 22.7 Å². The number of carbonyl (C=O) groups is 2. The second kappa shape index (κ2) is 8.24. The molecule has 1 aromatic rings. The van der Waals surface area contributed by atoms with Gasteiger partial charge in [0.2, 0.25) is 6.41 Å². The molecule has 0 aliphatic heterocycles. The third-order valence-corrected chi connectivity index (χ3v) is 2.79. The van der Waals surface area contributed by atoms with Crippen molar-refractivity contribution < 1.29 is 14.3 Å². The Morgan fingerprint density at radius 3 is 2.89 bits per heavy atom. The van der Waals surface area contributed by atoms with Crippen LogP contribution in [0.5, 0.6) is 0 Å². The number of hydrogen-bond donors (Lipinski definition) is 1. The molecule has 0 saturated heterocycles. The molecule has 0 fully saturated rings. The Labute approximate surface area is 119 Å². The first-order valence-electron chi connectivity index (χ1n) is 5.37. The Balaban J connectivity index is 2.34. The van der Waals surface area contributed by atoms with Crippen molar-refractivity contribution in [2.45, 2.75) is 6.42 Å². The number of ketones is 1. The van der Waals surface area contributed by atoms with Gasteiger partial charge in [-0.3, -0.25) is 9.59 Å². The van der Waals surface area contributed by atoms with Crippen molar-refractivity contribution in [2.24, 2.45) is 0 Å². The fourth-order valence-electron chi connectivity index (χ4n) is 1.30. The van der Waals surface area contributed by atoms with E-state index in [4.69, 9.17) is 16.3 Å². The SMILES string of the molecule is O=CNCCCOCC(=O)c1cc(Cl)cc(Br)c1. The normalized spacial score (nSPS) is 10.1. The van der Waals surface area contributed by atoms with Gasteiger partial charge in [-0.15, -0.1) is 0 Å². The molecule has 1 amide bonds. The lowest BCUT2D eigenvalue weighted by atomic mass is 10.1. The lowest BCUT2D eigenvalue weighted by molar-refractivity contribution is -0.109. The van der Waals surface area contributed by atoms with E-state index in [0.717, 1.165) is 4.47 Å². The summed E-state index contributed by atoms with van der Waals surface area (Å²) in [6.45, 7) is 0.975. The summed E-state index contributed by atoms with van der Waals surface area (Å²) in [4.78, 5) is 21.7.